The second-order valence-electron chi connectivity index (χ2n) is 2.04. The molecule has 0 aliphatic heterocycles. The molecule has 1 aromatic heterocycles. The number of aromatic amines is 1. The zero-order valence-electron chi connectivity index (χ0n) is 5.42. The summed E-state index contributed by atoms with van der Waals surface area (Å²) in [7, 11) is 0. The Hall–Kier alpha value is -0.760. The second kappa shape index (κ2) is 2.69. The van der Waals surface area contributed by atoms with Crippen molar-refractivity contribution in [3.63, 3.8) is 0 Å². The van der Waals surface area contributed by atoms with E-state index in [2.05, 4.69) is 4.98 Å². The van der Waals surface area contributed by atoms with E-state index in [9.17, 15) is 5.11 Å². The zero-order chi connectivity index (χ0) is 6.69. The van der Waals surface area contributed by atoms with Gasteiger partial charge < -0.3 is 4.98 Å². The summed E-state index contributed by atoms with van der Waals surface area (Å²) in [6.07, 6.45) is 3.64. The van der Waals surface area contributed by atoms with Gasteiger partial charge in [-0.15, -0.1) is 0 Å². The second-order valence-corrected chi connectivity index (χ2v) is 2.04. The van der Waals surface area contributed by atoms with Gasteiger partial charge in [-0.2, -0.15) is 0 Å². The van der Waals surface area contributed by atoms with Crippen LogP contribution in [0, 0.1) is 0 Å². The smallest absolute Gasteiger partial charge is 0.119 e. The molecule has 9 heavy (non-hydrogen) atoms. The third-order valence-electron chi connectivity index (χ3n) is 1.36. The quantitative estimate of drug-likeness (QED) is 0.625. The van der Waals surface area contributed by atoms with Crippen LogP contribution in [0.4, 0.5) is 0 Å². The third-order valence-corrected chi connectivity index (χ3v) is 1.36. The molecule has 0 aliphatic carbocycles. The van der Waals surface area contributed by atoms with Gasteiger partial charge in [0, 0.05) is 18.0 Å². The summed E-state index contributed by atoms with van der Waals surface area (Å²) in [4.78, 5) is 2.84. The molecule has 1 radical (unpaired) electrons. The van der Waals surface area contributed by atoms with E-state index in [1.165, 1.54) is 0 Å². The maximum Gasteiger partial charge on any atom is 0.119 e. The normalized spacial score (nSPS) is 13.6. The highest BCUT2D eigenvalue weighted by atomic mass is 16.3. The van der Waals surface area contributed by atoms with Gasteiger partial charge >= 0.3 is 0 Å². The lowest BCUT2D eigenvalue weighted by atomic mass is 10.1. The Morgan fingerprint density at radius 1 is 1.78 bits per heavy atom. The highest BCUT2D eigenvalue weighted by molar-refractivity contribution is 5.10. The Morgan fingerprint density at radius 2 is 2.56 bits per heavy atom. The van der Waals surface area contributed by atoms with Crippen LogP contribution in [0.5, 0.6) is 0 Å². The van der Waals surface area contributed by atoms with Crippen LogP contribution in [0.2, 0.25) is 0 Å². The predicted molar refractivity (Wildman–Crippen MR) is 34.5 cm³/mol. The topological polar surface area (TPSA) is 35.7 Å². The van der Waals surface area contributed by atoms with Crippen molar-refractivity contribution in [2.75, 3.05) is 0 Å². The van der Waals surface area contributed by atoms with Crippen LogP contribution >= 0.6 is 0 Å². The minimum absolute atomic E-state index is 0.545. The van der Waals surface area contributed by atoms with E-state index in [0.29, 0.717) is 6.42 Å². The fourth-order valence-electron chi connectivity index (χ4n) is 0.773. The van der Waals surface area contributed by atoms with Gasteiger partial charge in [0.05, 0.1) is 0 Å². The van der Waals surface area contributed by atoms with E-state index in [-0.39, 0.29) is 0 Å². The van der Waals surface area contributed by atoms with Crippen LogP contribution in [0.25, 0.3) is 0 Å². The zero-order valence-corrected chi connectivity index (χ0v) is 5.42. The summed E-state index contributed by atoms with van der Waals surface area (Å²) in [6, 6.07) is 1.82. The Labute approximate surface area is 54.5 Å². The lowest BCUT2D eigenvalue weighted by Gasteiger charge is -1.98. The fraction of sp³-hybridized carbons (Fsp3) is 0.429. The molecule has 0 fully saturated rings. The average Bonchev–Trinajstić information content (AvgIpc) is 2.37. The lowest BCUT2D eigenvalue weighted by Crippen LogP contribution is -1.88. The molecule has 1 aromatic rings. The van der Waals surface area contributed by atoms with Crippen molar-refractivity contribution in [2.45, 2.75) is 19.4 Å². The van der Waals surface area contributed by atoms with E-state index < -0.39 is 6.10 Å². The predicted octanol–water partition coefficient (Wildman–Crippen LogP) is 1.90. The molecule has 0 saturated carbocycles. The first-order chi connectivity index (χ1) is 4.34. The number of nitrogens with one attached hydrogen (secondary N) is 1. The monoisotopic (exact) mass is 124 g/mol. The van der Waals surface area contributed by atoms with Gasteiger partial charge in [0.25, 0.3) is 0 Å². The molecule has 1 heterocycles. The SMILES string of the molecule is CCC([O])c1cc[nH]c1. The summed E-state index contributed by atoms with van der Waals surface area (Å²) in [5.74, 6) is 0. The Kier molecular flexibility index (Phi) is 1.90. The van der Waals surface area contributed by atoms with Gasteiger partial charge in [0.15, 0.2) is 0 Å². The van der Waals surface area contributed by atoms with Gasteiger partial charge in [-0.25, -0.2) is 5.11 Å². The van der Waals surface area contributed by atoms with Crippen molar-refractivity contribution in [3.05, 3.63) is 24.0 Å². The Bertz CT molecular complexity index is 157. The molecular weight excluding hydrogens is 114 g/mol. The van der Waals surface area contributed by atoms with Crippen molar-refractivity contribution in [1.82, 2.24) is 4.98 Å². The van der Waals surface area contributed by atoms with E-state index in [1.807, 2.05) is 13.0 Å². The van der Waals surface area contributed by atoms with Gasteiger partial charge in [0.1, 0.15) is 6.10 Å². The molecule has 0 aliphatic rings. The molecule has 1 atom stereocenters. The van der Waals surface area contributed by atoms with Gasteiger partial charge in [-0.3, -0.25) is 0 Å². The van der Waals surface area contributed by atoms with Crippen molar-refractivity contribution in [2.24, 2.45) is 0 Å². The van der Waals surface area contributed by atoms with E-state index >= 15 is 0 Å². The highest BCUT2D eigenvalue weighted by Crippen LogP contribution is 2.14. The van der Waals surface area contributed by atoms with Gasteiger partial charge in [-0.05, 0) is 12.5 Å². The van der Waals surface area contributed by atoms with Crippen LogP contribution in [0.15, 0.2) is 18.5 Å². The minimum atomic E-state index is -0.545. The Morgan fingerprint density at radius 3 is 3.00 bits per heavy atom. The molecule has 0 aromatic carbocycles. The summed E-state index contributed by atoms with van der Waals surface area (Å²) < 4.78 is 0. The summed E-state index contributed by atoms with van der Waals surface area (Å²) in [6.45, 7) is 1.89. The third kappa shape index (κ3) is 1.33. The van der Waals surface area contributed by atoms with Gasteiger partial charge in [0.2, 0.25) is 0 Å². The number of H-pyrrole nitrogens is 1. The molecule has 49 valence electrons. The maximum absolute atomic E-state index is 10.9. The summed E-state index contributed by atoms with van der Waals surface area (Å²) >= 11 is 0. The molecule has 2 nitrogen and oxygen atoms in total. The first-order valence-corrected chi connectivity index (χ1v) is 3.13. The minimum Gasteiger partial charge on any atom is -0.367 e. The standard InChI is InChI=1S/C7H10NO/c1-2-7(9)6-3-4-8-5-6/h3-5,7-8H,2H2,1H3. The van der Waals surface area contributed by atoms with E-state index in [4.69, 9.17) is 0 Å². The van der Waals surface area contributed by atoms with E-state index in [0.717, 1.165) is 5.56 Å². The molecule has 0 amide bonds. The summed E-state index contributed by atoms with van der Waals surface area (Å²) in [5.41, 5.74) is 0.859. The first-order valence-electron chi connectivity index (χ1n) is 3.13. The lowest BCUT2D eigenvalue weighted by molar-refractivity contribution is 0.0858. The van der Waals surface area contributed by atoms with Crippen LogP contribution < -0.4 is 0 Å². The van der Waals surface area contributed by atoms with Crippen molar-refractivity contribution in [1.29, 1.82) is 0 Å². The maximum atomic E-state index is 10.9. The molecule has 1 N–H and O–H groups in total. The number of hydrogen-bond donors (Lipinski definition) is 1. The molecule has 2 heteroatoms. The van der Waals surface area contributed by atoms with Crippen LogP contribution in [-0.4, -0.2) is 4.98 Å². The molecular formula is C7H10NO. The number of rotatable bonds is 2. The van der Waals surface area contributed by atoms with Gasteiger partial charge in [-0.1, -0.05) is 6.92 Å². The van der Waals surface area contributed by atoms with Crippen LogP contribution in [0.1, 0.15) is 25.0 Å². The molecule has 1 unspecified atom stereocenters. The average molecular weight is 124 g/mol. The van der Waals surface area contributed by atoms with Crippen LogP contribution in [-0.2, 0) is 5.11 Å². The number of aromatic nitrogens is 1. The molecule has 1 rings (SSSR count). The molecule has 0 saturated heterocycles. The number of hydrogen-bond acceptors (Lipinski definition) is 0. The Balaban J connectivity index is 2.65. The highest BCUT2D eigenvalue weighted by Gasteiger charge is 2.04. The summed E-state index contributed by atoms with van der Waals surface area (Å²) in [5, 5.41) is 10.9. The van der Waals surface area contributed by atoms with Crippen LogP contribution in [0.3, 0.4) is 0 Å². The molecule has 0 spiro atoms. The molecule has 0 bridgehead atoms. The van der Waals surface area contributed by atoms with E-state index in [1.54, 1.807) is 12.4 Å². The van der Waals surface area contributed by atoms with Crippen molar-refractivity contribution < 1.29 is 5.11 Å². The largest absolute Gasteiger partial charge is 0.367 e. The van der Waals surface area contributed by atoms with Crippen molar-refractivity contribution in [3.8, 4) is 0 Å². The first kappa shape index (κ1) is 6.36. The van der Waals surface area contributed by atoms with Crippen molar-refractivity contribution >= 4 is 0 Å². The fourth-order valence-corrected chi connectivity index (χ4v) is 0.773.